The number of rotatable bonds is 14. The van der Waals surface area contributed by atoms with Crippen LogP contribution in [0.1, 0.15) is 118 Å². The number of halogens is 3. The van der Waals surface area contributed by atoms with Gasteiger partial charge in [-0.25, -0.2) is 29.0 Å². The zero-order valence-corrected chi connectivity index (χ0v) is 39.7. The number of benzene rings is 3. The molecule has 23 heteroatoms. The van der Waals surface area contributed by atoms with Gasteiger partial charge in [-0.1, -0.05) is 67.2 Å². The molecule has 1 aliphatic carbocycles. The molecule has 404 valence electrons. The molecule has 2 atom stereocenters. The number of carbonyl (C=O) groups is 5. The zero-order chi connectivity index (χ0) is 51.4. The number of methoxy groups -OCH3 is 2. The monoisotopic (exact) mass is 1020 g/mol. The summed E-state index contributed by atoms with van der Waals surface area (Å²) in [6.45, 7) is 12.5. The first-order valence-electron chi connectivity index (χ1n) is 21.9. The number of urea groups is 4. The lowest BCUT2D eigenvalue weighted by Crippen LogP contribution is -2.51. The number of nitrogens with one attached hydrogen (secondary N) is 4. The molecular weight excluding hydrogens is 938 g/mol. The van der Waals surface area contributed by atoms with Crippen molar-refractivity contribution in [3.8, 4) is 5.75 Å². The van der Waals surface area contributed by atoms with E-state index >= 15 is 0 Å². The highest BCUT2D eigenvalue weighted by molar-refractivity contribution is 5.93. The van der Waals surface area contributed by atoms with Crippen LogP contribution in [0.15, 0.2) is 72.8 Å². The lowest BCUT2D eigenvalue weighted by Gasteiger charge is -2.35. The highest BCUT2D eigenvalue weighted by atomic mass is 19.4. The Morgan fingerprint density at radius 3 is 1.76 bits per heavy atom. The summed E-state index contributed by atoms with van der Waals surface area (Å²) < 4.78 is 52.5. The Labute approximate surface area is 416 Å². The Hall–Kier alpha value is -6.40. The molecule has 0 spiro atoms. The van der Waals surface area contributed by atoms with Crippen LogP contribution in [0.3, 0.4) is 0 Å². The Balaban J connectivity index is -0.000000858. The predicted octanol–water partition coefficient (Wildman–Crippen LogP) is 10.5. The minimum absolute atomic E-state index is 0. The first-order valence-corrected chi connectivity index (χ1v) is 21.9. The van der Waals surface area contributed by atoms with Gasteiger partial charge in [0.15, 0.2) is 0 Å². The quantitative estimate of drug-likeness (QED) is 0.0426. The summed E-state index contributed by atoms with van der Waals surface area (Å²) in [5, 5.41) is 50.5. The van der Waals surface area contributed by atoms with Gasteiger partial charge in [-0.05, 0) is 108 Å². The molecule has 4 rings (SSSR count). The summed E-state index contributed by atoms with van der Waals surface area (Å²) in [5.41, 5.74) is -0.220. The van der Waals surface area contributed by atoms with Gasteiger partial charge in [0.2, 0.25) is 0 Å². The van der Waals surface area contributed by atoms with E-state index in [0.29, 0.717) is 65.9 Å². The minimum atomic E-state index is -4.52. The first kappa shape index (κ1) is 68.9. The summed E-state index contributed by atoms with van der Waals surface area (Å²) >= 11 is 0. The lowest BCUT2D eigenvalue weighted by molar-refractivity contribution is -0.137. The molecule has 1 fully saturated rings. The molecule has 2 unspecified atom stereocenters. The summed E-state index contributed by atoms with van der Waals surface area (Å²) in [7, 11) is 3.10. The van der Waals surface area contributed by atoms with Crippen molar-refractivity contribution in [3.05, 3.63) is 83.9 Å². The fourth-order valence-electron chi connectivity index (χ4n) is 5.85. The van der Waals surface area contributed by atoms with Gasteiger partial charge in [-0.2, -0.15) is 28.4 Å². The fraction of sp³-hybridized carbons (Fsp3) is 0.521. The highest BCUT2D eigenvalue weighted by Gasteiger charge is 2.33. The van der Waals surface area contributed by atoms with E-state index in [1.807, 2.05) is 27.7 Å². The number of carbonyl (C=O) groups excluding carboxylic acids is 5. The smallest absolute Gasteiger partial charge is 0.416 e. The summed E-state index contributed by atoms with van der Waals surface area (Å²) in [5.74, 6) is -0.00421. The van der Waals surface area contributed by atoms with Gasteiger partial charge in [0.05, 0.1) is 48.4 Å². The van der Waals surface area contributed by atoms with E-state index < -0.39 is 41.8 Å². The molecule has 1 aliphatic rings. The Kier molecular flexibility index (Phi) is 35.4. The maximum Gasteiger partial charge on any atom is 0.416 e. The van der Waals surface area contributed by atoms with Crippen molar-refractivity contribution in [1.29, 1.82) is 0 Å². The number of esters is 1. The van der Waals surface area contributed by atoms with Crippen LogP contribution in [0.4, 0.5) is 49.4 Å². The van der Waals surface area contributed by atoms with Gasteiger partial charge < -0.3 is 35.5 Å². The van der Waals surface area contributed by atoms with E-state index in [1.54, 1.807) is 45.2 Å². The molecule has 0 saturated heterocycles. The summed E-state index contributed by atoms with van der Waals surface area (Å²) in [6, 6.07) is 13.8. The van der Waals surface area contributed by atoms with Gasteiger partial charge in [-0.3, -0.25) is 20.8 Å². The zero-order valence-electron chi connectivity index (χ0n) is 39.7. The van der Waals surface area contributed by atoms with Crippen LogP contribution >= 0.6 is 0 Å². The minimum Gasteiger partial charge on any atom is -0.494 e. The standard InChI is InChI=1S/C12H16N2O4.C11H13F3N2O2.C11H16N2O3.C11H22N2O3.3CH4/c1-3-13-12(16)14(17)10-7-5-9(6-8-10)11(15)18-4-2;1-2-6-15-10(17)16(18)9-5-3-4-8(7-9)11(12,13)14;1-8(2)12-11(14)13(15)9-6-4-5-7-10(9)16-3;1-3-8-12-11(14)13(15)9-6-4-5-7-10(9)16-2;;;/h5-8,17H,3-4H2,1-2H3,(H,13,16);3-5,7,18H,2,6H2,1H3,(H,15,17);4-8,15H,1-3H3,(H,12,14);9-10,15H,3-8H2,1-2H3,(H,12,14);3*1H4. The van der Waals surface area contributed by atoms with Crippen molar-refractivity contribution in [2.24, 2.45) is 0 Å². The molecule has 71 heavy (non-hydrogen) atoms. The second kappa shape index (κ2) is 36.5. The summed E-state index contributed by atoms with van der Waals surface area (Å²) in [6.07, 6.45) is 0.776. The van der Waals surface area contributed by atoms with Crippen molar-refractivity contribution in [1.82, 2.24) is 26.3 Å². The lowest BCUT2D eigenvalue weighted by atomic mass is 9.92. The third-order valence-corrected chi connectivity index (χ3v) is 9.22. The average Bonchev–Trinajstić information content (AvgIpc) is 3.34. The average molecular weight is 1020 g/mol. The molecule has 3 aromatic rings. The fourth-order valence-corrected chi connectivity index (χ4v) is 5.85. The Bertz CT molecular complexity index is 1980. The highest BCUT2D eigenvalue weighted by Crippen LogP contribution is 2.31. The third-order valence-electron chi connectivity index (χ3n) is 9.22. The van der Waals surface area contributed by atoms with Crippen molar-refractivity contribution in [2.45, 2.75) is 127 Å². The number of hydrogen-bond acceptors (Lipinski definition) is 12. The van der Waals surface area contributed by atoms with Crippen molar-refractivity contribution >= 4 is 47.2 Å². The van der Waals surface area contributed by atoms with Gasteiger partial charge >= 0.3 is 36.3 Å². The maximum atomic E-state index is 12.4. The van der Waals surface area contributed by atoms with Gasteiger partial charge in [0, 0.05) is 32.8 Å². The van der Waals surface area contributed by atoms with Crippen molar-refractivity contribution in [3.63, 3.8) is 0 Å². The number of nitrogens with zero attached hydrogens (tertiary/aromatic N) is 4. The number of hydroxylamine groups is 5. The number of ether oxygens (including phenoxy) is 3. The number of amides is 8. The number of alkyl halides is 3. The summed E-state index contributed by atoms with van der Waals surface area (Å²) in [4.78, 5) is 57.2. The van der Waals surface area contributed by atoms with E-state index in [9.17, 15) is 58.0 Å². The molecule has 20 nitrogen and oxygen atoms in total. The first-order chi connectivity index (χ1) is 32.2. The second-order valence-corrected chi connectivity index (χ2v) is 14.8. The van der Waals surface area contributed by atoms with Crippen LogP contribution in [-0.2, 0) is 15.7 Å². The van der Waals surface area contributed by atoms with E-state index in [0.717, 1.165) is 49.3 Å². The van der Waals surface area contributed by atoms with E-state index in [4.69, 9.17) is 14.2 Å². The molecule has 8 amide bonds. The normalized spacial score (nSPS) is 13.2. The van der Waals surface area contributed by atoms with Crippen molar-refractivity contribution < 1.29 is 72.2 Å². The number of hydrogen-bond donors (Lipinski definition) is 8. The van der Waals surface area contributed by atoms with Gasteiger partial charge in [0.25, 0.3) is 0 Å². The van der Waals surface area contributed by atoms with Gasteiger partial charge in [-0.15, -0.1) is 0 Å². The molecule has 8 N–H and O–H groups in total. The van der Waals surface area contributed by atoms with Crippen LogP contribution in [0, 0.1) is 0 Å². The van der Waals surface area contributed by atoms with Crippen LogP contribution in [0.25, 0.3) is 0 Å². The topological polar surface area (TPSA) is 255 Å². The van der Waals surface area contributed by atoms with E-state index in [1.165, 1.54) is 37.4 Å². The van der Waals surface area contributed by atoms with E-state index in [-0.39, 0.29) is 56.9 Å². The Morgan fingerprint density at radius 1 is 0.690 bits per heavy atom. The van der Waals surface area contributed by atoms with Crippen LogP contribution < -0.4 is 41.2 Å². The number of para-hydroxylation sites is 2. The van der Waals surface area contributed by atoms with Crippen molar-refractivity contribution in [2.75, 3.05) is 55.7 Å². The SMILES string of the molecule is C.C.C.CCCNC(=O)N(O)C1CCCCC1OC.CCCNC(=O)N(O)c1cccc(C(F)(F)F)c1.CCNC(=O)N(O)c1ccc(C(=O)OCC)cc1.COc1ccccc1N(O)C(=O)NC(C)C. The van der Waals surface area contributed by atoms with Crippen LogP contribution in [0.2, 0.25) is 0 Å². The van der Waals surface area contributed by atoms with E-state index in [2.05, 4.69) is 21.3 Å². The molecule has 0 radical (unpaired) electrons. The largest absolute Gasteiger partial charge is 0.494 e. The Morgan fingerprint density at radius 2 is 1.24 bits per heavy atom. The molecule has 3 aromatic carbocycles. The number of anilines is 3. The van der Waals surface area contributed by atoms with Crippen LogP contribution in [0.5, 0.6) is 5.75 Å². The molecule has 0 aliphatic heterocycles. The molecular formula is C48H79F3N8O12. The predicted molar refractivity (Wildman–Crippen MR) is 267 cm³/mol. The van der Waals surface area contributed by atoms with Gasteiger partial charge in [0.1, 0.15) is 11.4 Å². The van der Waals surface area contributed by atoms with Crippen LogP contribution in [-0.4, -0.2) is 115 Å². The second-order valence-electron chi connectivity index (χ2n) is 14.8. The molecule has 0 aromatic heterocycles. The molecule has 0 bridgehead atoms. The maximum absolute atomic E-state index is 12.4. The third kappa shape index (κ3) is 24.3. The molecule has 1 saturated carbocycles. The molecule has 0 heterocycles.